The molecule has 1 N–H and O–H groups in total. The lowest BCUT2D eigenvalue weighted by atomic mass is 10.1. The van der Waals surface area contributed by atoms with E-state index in [4.69, 9.17) is 0 Å². The molecule has 5 heteroatoms. The molecule has 0 spiro atoms. The van der Waals surface area contributed by atoms with Crippen LogP contribution in [-0.4, -0.2) is 30.5 Å². The maximum Gasteiger partial charge on any atom is 0.269 e. The number of rotatable bonds is 6. The van der Waals surface area contributed by atoms with E-state index in [1.807, 2.05) is 19.0 Å². The number of nitro groups is 1. The number of nitro benzene ring substituents is 1. The Kier molecular flexibility index (Phi) is 4.90. The van der Waals surface area contributed by atoms with Crippen LogP contribution in [0.3, 0.4) is 0 Å². The van der Waals surface area contributed by atoms with Crippen molar-refractivity contribution >= 4 is 11.4 Å². The molecule has 1 aromatic rings. The van der Waals surface area contributed by atoms with Gasteiger partial charge in [-0.1, -0.05) is 6.92 Å². The zero-order valence-corrected chi connectivity index (χ0v) is 10.6. The maximum atomic E-state index is 10.7. The summed E-state index contributed by atoms with van der Waals surface area (Å²) >= 11 is 0. The predicted octanol–water partition coefficient (Wildman–Crippen LogP) is 2.48. The van der Waals surface area contributed by atoms with Crippen LogP contribution < -0.4 is 5.32 Å². The highest BCUT2D eigenvalue weighted by atomic mass is 16.6. The van der Waals surface area contributed by atoms with Crippen molar-refractivity contribution in [3.8, 4) is 0 Å². The third-order valence-corrected chi connectivity index (χ3v) is 2.35. The van der Waals surface area contributed by atoms with Gasteiger partial charge in [-0.2, -0.15) is 0 Å². The fourth-order valence-electron chi connectivity index (χ4n) is 1.60. The van der Waals surface area contributed by atoms with Crippen molar-refractivity contribution in [1.82, 2.24) is 4.90 Å². The highest BCUT2D eigenvalue weighted by Gasteiger charge is 2.10. The van der Waals surface area contributed by atoms with E-state index in [0.29, 0.717) is 6.54 Å². The van der Waals surface area contributed by atoms with E-state index in [0.717, 1.165) is 24.2 Å². The normalized spacial score (nSPS) is 10.6. The Hall–Kier alpha value is -1.62. The van der Waals surface area contributed by atoms with E-state index in [1.165, 1.54) is 6.07 Å². The summed E-state index contributed by atoms with van der Waals surface area (Å²) in [5, 5.41) is 14.0. The fraction of sp³-hybridized carbons (Fsp3) is 0.500. The molecule has 0 aromatic heterocycles. The number of non-ortho nitro benzene ring substituents is 1. The van der Waals surface area contributed by atoms with E-state index in [-0.39, 0.29) is 10.6 Å². The third kappa shape index (κ3) is 4.03. The first-order valence-electron chi connectivity index (χ1n) is 5.70. The van der Waals surface area contributed by atoms with E-state index in [1.54, 1.807) is 12.1 Å². The van der Waals surface area contributed by atoms with Crippen molar-refractivity contribution < 1.29 is 4.92 Å². The summed E-state index contributed by atoms with van der Waals surface area (Å²) in [5.74, 6) is 0. The summed E-state index contributed by atoms with van der Waals surface area (Å²) in [5.41, 5.74) is 2.08. The fourth-order valence-corrected chi connectivity index (χ4v) is 1.60. The Bertz CT molecular complexity index is 391. The van der Waals surface area contributed by atoms with E-state index >= 15 is 0 Å². The Labute approximate surface area is 102 Å². The first-order chi connectivity index (χ1) is 8.04. The predicted molar refractivity (Wildman–Crippen MR) is 69.3 cm³/mol. The van der Waals surface area contributed by atoms with E-state index in [9.17, 15) is 10.1 Å². The van der Waals surface area contributed by atoms with Gasteiger partial charge in [0.15, 0.2) is 0 Å². The van der Waals surface area contributed by atoms with Crippen LogP contribution in [0.5, 0.6) is 0 Å². The molecule has 0 saturated carbocycles. The molecule has 5 nitrogen and oxygen atoms in total. The van der Waals surface area contributed by atoms with Crippen LogP contribution in [0, 0.1) is 10.1 Å². The van der Waals surface area contributed by atoms with Gasteiger partial charge in [-0.25, -0.2) is 0 Å². The topological polar surface area (TPSA) is 58.4 Å². The zero-order chi connectivity index (χ0) is 12.8. The number of anilines is 1. The average molecular weight is 237 g/mol. The van der Waals surface area contributed by atoms with Gasteiger partial charge in [-0.05, 0) is 32.1 Å². The lowest BCUT2D eigenvalue weighted by Gasteiger charge is -2.15. The molecule has 0 unspecified atom stereocenters. The van der Waals surface area contributed by atoms with Gasteiger partial charge in [0, 0.05) is 30.9 Å². The highest BCUT2D eigenvalue weighted by Crippen LogP contribution is 2.23. The Morgan fingerprint density at radius 1 is 1.41 bits per heavy atom. The second-order valence-corrected chi connectivity index (χ2v) is 4.26. The van der Waals surface area contributed by atoms with Crippen molar-refractivity contribution in [2.75, 3.05) is 26.0 Å². The van der Waals surface area contributed by atoms with Crippen LogP contribution in [0.1, 0.15) is 18.9 Å². The maximum absolute atomic E-state index is 10.7. The molecular formula is C12H19N3O2. The minimum atomic E-state index is -0.358. The molecule has 17 heavy (non-hydrogen) atoms. The quantitative estimate of drug-likeness (QED) is 0.610. The van der Waals surface area contributed by atoms with Crippen molar-refractivity contribution in [2.45, 2.75) is 19.9 Å². The summed E-state index contributed by atoms with van der Waals surface area (Å²) in [7, 11) is 3.89. The molecule has 1 rings (SSSR count). The molecule has 0 amide bonds. The van der Waals surface area contributed by atoms with Crippen LogP contribution in [-0.2, 0) is 6.54 Å². The van der Waals surface area contributed by atoms with Crippen LogP contribution in [0.15, 0.2) is 18.2 Å². The lowest BCUT2D eigenvalue weighted by molar-refractivity contribution is -0.384. The second-order valence-electron chi connectivity index (χ2n) is 4.26. The summed E-state index contributed by atoms with van der Waals surface area (Å²) in [6, 6.07) is 4.96. The number of hydrogen-bond donors (Lipinski definition) is 1. The van der Waals surface area contributed by atoms with Crippen LogP contribution in [0.25, 0.3) is 0 Å². The number of benzene rings is 1. The largest absolute Gasteiger partial charge is 0.385 e. The lowest BCUT2D eigenvalue weighted by Crippen LogP contribution is -2.13. The molecule has 0 aliphatic heterocycles. The molecule has 0 bridgehead atoms. The standard InChI is InChI=1S/C12H19N3O2/c1-4-7-13-12-6-5-11(15(16)17)8-10(12)9-14(2)3/h5-6,8,13H,4,7,9H2,1-3H3. The number of hydrogen-bond acceptors (Lipinski definition) is 4. The molecule has 94 valence electrons. The Morgan fingerprint density at radius 3 is 2.65 bits per heavy atom. The smallest absolute Gasteiger partial charge is 0.269 e. The second kappa shape index (κ2) is 6.20. The minimum Gasteiger partial charge on any atom is -0.385 e. The first-order valence-corrected chi connectivity index (χ1v) is 5.70. The highest BCUT2D eigenvalue weighted by molar-refractivity contribution is 5.56. The number of nitrogens with zero attached hydrogens (tertiary/aromatic N) is 2. The molecule has 0 heterocycles. The minimum absolute atomic E-state index is 0.142. The first kappa shape index (κ1) is 13.4. The van der Waals surface area contributed by atoms with Crippen molar-refractivity contribution in [2.24, 2.45) is 0 Å². The summed E-state index contributed by atoms with van der Waals surface area (Å²) in [6.07, 6.45) is 1.03. The summed E-state index contributed by atoms with van der Waals surface area (Å²) < 4.78 is 0. The van der Waals surface area contributed by atoms with Crippen molar-refractivity contribution in [3.63, 3.8) is 0 Å². The van der Waals surface area contributed by atoms with Crippen LogP contribution in [0.4, 0.5) is 11.4 Å². The molecular weight excluding hydrogens is 218 g/mol. The van der Waals surface area contributed by atoms with Crippen LogP contribution >= 0.6 is 0 Å². The van der Waals surface area contributed by atoms with Gasteiger partial charge < -0.3 is 10.2 Å². The van der Waals surface area contributed by atoms with Gasteiger partial charge in [0.1, 0.15) is 0 Å². The summed E-state index contributed by atoms with van der Waals surface area (Å²) in [6.45, 7) is 3.65. The molecule has 0 radical (unpaired) electrons. The average Bonchev–Trinajstić information content (AvgIpc) is 2.26. The van der Waals surface area contributed by atoms with Crippen LogP contribution in [0.2, 0.25) is 0 Å². The van der Waals surface area contributed by atoms with Gasteiger partial charge in [0.2, 0.25) is 0 Å². The van der Waals surface area contributed by atoms with Gasteiger partial charge in [-0.3, -0.25) is 10.1 Å². The van der Waals surface area contributed by atoms with Gasteiger partial charge in [-0.15, -0.1) is 0 Å². The Morgan fingerprint density at radius 2 is 2.12 bits per heavy atom. The molecule has 0 fully saturated rings. The Balaban J connectivity index is 2.98. The molecule has 1 aromatic carbocycles. The van der Waals surface area contributed by atoms with E-state index in [2.05, 4.69) is 12.2 Å². The SMILES string of the molecule is CCCNc1ccc([N+](=O)[O-])cc1CN(C)C. The van der Waals surface area contributed by atoms with Gasteiger partial charge >= 0.3 is 0 Å². The van der Waals surface area contributed by atoms with Crippen molar-refractivity contribution in [1.29, 1.82) is 0 Å². The van der Waals surface area contributed by atoms with Crippen molar-refractivity contribution in [3.05, 3.63) is 33.9 Å². The number of nitrogens with one attached hydrogen (secondary N) is 1. The molecule has 0 aliphatic carbocycles. The van der Waals surface area contributed by atoms with Gasteiger partial charge in [0.25, 0.3) is 5.69 Å². The third-order valence-electron chi connectivity index (χ3n) is 2.35. The molecule has 0 atom stereocenters. The van der Waals surface area contributed by atoms with Gasteiger partial charge in [0.05, 0.1) is 4.92 Å². The molecule has 0 aliphatic rings. The zero-order valence-electron chi connectivity index (χ0n) is 10.6. The van der Waals surface area contributed by atoms with E-state index < -0.39 is 0 Å². The molecule has 0 saturated heterocycles. The monoisotopic (exact) mass is 237 g/mol. The summed E-state index contributed by atoms with van der Waals surface area (Å²) in [4.78, 5) is 12.4.